The number of halogens is 1. The molecule has 0 amide bonds. The van der Waals surface area contributed by atoms with Gasteiger partial charge in [-0.05, 0) is 36.2 Å². The van der Waals surface area contributed by atoms with Gasteiger partial charge in [-0.2, -0.15) is 5.26 Å². The van der Waals surface area contributed by atoms with Crippen LogP contribution in [0.5, 0.6) is 0 Å². The maximum absolute atomic E-state index is 12.7. The molecule has 0 N–H and O–H groups in total. The van der Waals surface area contributed by atoms with Crippen LogP contribution in [0.2, 0.25) is 5.02 Å². The van der Waals surface area contributed by atoms with E-state index in [0.29, 0.717) is 26.9 Å². The summed E-state index contributed by atoms with van der Waals surface area (Å²) in [7, 11) is -3.34. The number of hydrogen-bond donors (Lipinski definition) is 0. The lowest BCUT2D eigenvalue weighted by Gasteiger charge is -2.13. The molecular formula is C28H23ClN2O2S2. The van der Waals surface area contributed by atoms with Gasteiger partial charge in [0, 0.05) is 21.9 Å². The largest absolute Gasteiger partial charge is 0.240 e. The Bertz CT molecular complexity index is 1460. The van der Waals surface area contributed by atoms with Crippen molar-refractivity contribution in [1.29, 1.82) is 5.26 Å². The minimum atomic E-state index is -3.34. The first-order valence-electron chi connectivity index (χ1n) is 11.0. The summed E-state index contributed by atoms with van der Waals surface area (Å²) in [6.07, 6.45) is 0. The molecule has 1 heterocycles. The molecule has 0 aliphatic rings. The minimum absolute atomic E-state index is 0.0255. The third-order valence-electron chi connectivity index (χ3n) is 5.46. The molecule has 0 aliphatic heterocycles. The van der Waals surface area contributed by atoms with Crippen LogP contribution in [0.15, 0.2) is 90.0 Å². The van der Waals surface area contributed by atoms with Crippen molar-refractivity contribution >= 4 is 33.2 Å². The van der Waals surface area contributed by atoms with E-state index in [1.165, 1.54) is 11.8 Å². The lowest BCUT2D eigenvalue weighted by atomic mass is 9.99. The SMILES string of the molecule is Cc1ccc(-c2cc(-c3ccccc3)c(C#N)c(SCCS(=O)(=O)Cc3ccc(Cl)cc3)n2)cc1. The summed E-state index contributed by atoms with van der Waals surface area (Å²) in [5, 5.41) is 11.1. The molecule has 4 aromatic rings. The van der Waals surface area contributed by atoms with Gasteiger partial charge in [-0.15, -0.1) is 11.8 Å². The Kier molecular flexibility index (Phi) is 7.92. The molecular weight excluding hydrogens is 496 g/mol. The van der Waals surface area contributed by atoms with Crippen molar-refractivity contribution in [1.82, 2.24) is 4.98 Å². The summed E-state index contributed by atoms with van der Waals surface area (Å²) in [6, 6.07) is 28.8. The van der Waals surface area contributed by atoms with Gasteiger partial charge in [0.05, 0.1) is 22.8 Å². The van der Waals surface area contributed by atoms with Gasteiger partial charge in [-0.1, -0.05) is 83.9 Å². The van der Waals surface area contributed by atoms with Crippen LogP contribution >= 0.6 is 23.4 Å². The van der Waals surface area contributed by atoms with Gasteiger partial charge in [0.1, 0.15) is 11.1 Å². The summed E-state index contributed by atoms with van der Waals surface area (Å²) < 4.78 is 25.4. The standard InChI is InChI=1S/C28H23ClN2O2S2/c1-20-7-11-23(12-8-20)27-17-25(22-5-3-2-4-6-22)26(18-30)28(31-27)34-15-16-35(32,33)19-21-9-13-24(29)14-10-21/h2-14,17H,15-16,19H2,1H3. The molecule has 0 spiro atoms. The van der Waals surface area contributed by atoms with Crippen molar-refractivity contribution in [3.8, 4) is 28.5 Å². The number of sulfone groups is 1. The van der Waals surface area contributed by atoms with E-state index in [0.717, 1.165) is 27.9 Å². The van der Waals surface area contributed by atoms with Crippen molar-refractivity contribution in [3.63, 3.8) is 0 Å². The Morgan fingerprint density at radius 2 is 1.63 bits per heavy atom. The number of hydrogen-bond acceptors (Lipinski definition) is 5. The fourth-order valence-corrected chi connectivity index (χ4v) is 6.60. The number of thioether (sulfide) groups is 1. The quantitative estimate of drug-likeness (QED) is 0.236. The van der Waals surface area contributed by atoms with Crippen LogP contribution in [-0.2, 0) is 15.6 Å². The molecule has 0 saturated carbocycles. The number of aryl methyl sites for hydroxylation is 1. The van der Waals surface area contributed by atoms with Crippen LogP contribution in [0, 0.1) is 18.3 Å². The highest BCUT2D eigenvalue weighted by molar-refractivity contribution is 8.00. The molecule has 0 atom stereocenters. The normalized spacial score (nSPS) is 11.2. The monoisotopic (exact) mass is 518 g/mol. The molecule has 176 valence electrons. The Morgan fingerprint density at radius 3 is 2.29 bits per heavy atom. The molecule has 1 aromatic heterocycles. The van der Waals surface area contributed by atoms with E-state index in [2.05, 4.69) is 6.07 Å². The predicted octanol–water partition coefficient (Wildman–Crippen LogP) is 6.96. The van der Waals surface area contributed by atoms with Crippen LogP contribution in [-0.4, -0.2) is 24.9 Å². The number of nitriles is 1. The zero-order chi connectivity index (χ0) is 24.8. The molecule has 35 heavy (non-hydrogen) atoms. The van der Waals surface area contributed by atoms with Crippen LogP contribution in [0.1, 0.15) is 16.7 Å². The summed E-state index contributed by atoms with van der Waals surface area (Å²) in [6.45, 7) is 2.02. The zero-order valence-corrected chi connectivity index (χ0v) is 21.5. The highest BCUT2D eigenvalue weighted by atomic mass is 35.5. The first-order valence-corrected chi connectivity index (χ1v) is 14.2. The molecule has 7 heteroatoms. The predicted molar refractivity (Wildman–Crippen MR) is 144 cm³/mol. The molecule has 3 aromatic carbocycles. The van der Waals surface area contributed by atoms with Crippen LogP contribution in [0.4, 0.5) is 0 Å². The van der Waals surface area contributed by atoms with E-state index in [1.54, 1.807) is 24.3 Å². The average Bonchev–Trinajstić information content (AvgIpc) is 2.85. The summed E-state index contributed by atoms with van der Waals surface area (Å²) in [5.41, 5.74) is 5.67. The molecule has 4 nitrogen and oxygen atoms in total. The van der Waals surface area contributed by atoms with Crippen LogP contribution in [0.25, 0.3) is 22.4 Å². The van der Waals surface area contributed by atoms with Gasteiger partial charge in [0.15, 0.2) is 9.84 Å². The Morgan fingerprint density at radius 1 is 0.943 bits per heavy atom. The van der Waals surface area contributed by atoms with Crippen molar-refractivity contribution in [2.45, 2.75) is 17.7 Å². The Hall–Kier alpha value is -3.11. The summed E-state index contributed by atoms with van der Waals surface area (Å²) >= 11 is 7.20. The molecule has 0 bridgehead atoms. The number of pyridine rings is 1. The first kappa shape index (κ1) is 25.0. The summed E-state index contributed by atoms with van der Waals surface area (Å²) in [4.78, 5) is 4.77. The van der Waals surface area contributed by atoms with Crippen LogP contribution < -0.4 is 0 Å². The minimum Gasteiger partial charge on any atom is -0.240 e. The number of nitrogens with zero attached hydrogens (tertiary/aromatic N) is 2. The fraction of sp³-hybridized carbons (Fsp3) is 0.143. The van der Waals surface area contributed by atoms with Crippen molar-refractivity contribution in [2.24, 2.45) is 0 Å². The van der Waals surface area contributed by atoms with E-state index in [9.17, 15) is 13.7 Å². The van der Waals surface area contributed by atoms with Gasteiger partial charge in [0.25, 0.3) is 0 Å². The Balaban J connectivity index is 1.63. The smallest absolute Gasteiger partial charge is 0.155 e. The van der Waals surface area contributed by atoms with Crippen molar-refractivity contribution < 1.29 is 8.42 Å². The van der Waals surface area contributed by atoms with Crippen molar-refractivity contribution in [2.75, 3.05) is 11.5 Å². The average molecular weight is 519 g/mol. The second kappa shape index (κ2) is 11.1. The van der Waals surface area contributed by atoms with Crippen LogP contribution in [0.3, 0.4) is 0 Å². The van der Waals surface area contributed by atoms with Gasteiger partial charge < -0.3 is 0 Å². The molecule has 0 aliphatic carbocycles. The molecule has 0 radical (unpaired) electrons. The van der Waals surface area contributed by atoms with E-state index >= 15 is 0 Å². The third-order valence-corrected chi connectivity index (χ3v) is 8.55. The first-order chi connectivity index (χ1) is 16.8. The van der Waals surface area contributed by atoms with E-state index in [-0.39, 0.29) is 11.5 Å². The highest BCUT2D eigenvalue weighted by Gasteiger charge is 2.18. The zero-order valence-electron chi connectivity index (χ0n) is 19.1. The second-order valence-electron chi connectivity index (χ2n) is 8.15. The lowest BCUT2D eigenvalue weighted by molar-refractivity contribution is 0.597. The third kappa shape index (κ3) is 6.52. The van der Waals surface area contributed by atoms with Gasteiger partial charge in [-0.3, -0.25) is 0 Å². The lowest BCUT2D eigenvalue weighted by Crippen LogP contribution is -2.11. The van der Waals surface area contributed by atoms with Crippen molar-refractivity contribution in [3.05, 3.63) is 107 Å². The molecule has 0 saturated heterocycles. The van der Waals surface area contributed by atoms with Gasteiger partial charge in [-0.25, -0.2) is 13.4 Å². The number of benzene rings is 3. The highest BCUT2D eigenvalue weighted by Crippen LogP contribution is 2.34. The van der Waals surface area contributed by atoms with Gasteiger partial charge >= 0.3 is 0 Å². The maximum atomic E-state index is 12.7. The van der Waals surface area contributed by atoms with E-state index in [1.807, 2.05) is 67.6 Å². The van der Waals surface area contributed by atoms with Gasteiger partial charge in [0.2, 0.25) is 0 Å². The summed E-state index contributed by atoms with van der Waals surface area (Å²) in [5.74, 6) is 0.216. The Labute approximate surface area is 215 Å². The number of rotatable bonds is 8. The number of aromatic nitrogens is 1. The molecule has 0 fully saturated rings. The molecule has 4 rings (SSSR count). The maximum Gasteiger partial charge on any atom is 0.155 e. The second-order valence-corrected chi connectivity index (χ2v) is 11.9. The fourth-order valence-electron chi connectivity index (χ4n) is 3.62. The molecule has 0 unspecified atom stereocenters. The van der Waals surface area contributed by atoms with E-state index in [4.69, 9.17) is 16.6 Å². The van der Waals surface area contributed by atoms with E-state index < -0.39 is 9.84 Å². The topological polar surface area (TPSA) is 70.8 Å².